The van der Waals surface area contributed by atoms with Gasteiger partial charge in [0.2, 0.25) is 5.95 Å². The Morgan fingerprint density at radius 2 is 1.96 bits per heavy atom. The summed E-state index contributed by atoms with van der Waals surface area (Å²) in [6.45, 7) is 8.38. The van der Waals surface area contributed by atoms with Gasteiger partial charge in [0.05, 0.1) is 11.6 Å². The van der Waals surface area contributed by atoms with Crippen LogP contribution in [-0.4, -0.2) is 63.9 Å². The first-order valence-electron chi connectivity index (χ1n) is 9.83. The first kappa shape index (κ1) is 18.5. The molecule has 1 aromatic carbocycles. The van der Waals surface area contributed by atoms with Crippen molar-refractivity contribution in [2.24, 2.45) is 7.05 Å². The molecule has 3 N–H and O–H groups in total. The molecule has 0 spiro atoms. The molecule has 8 heteroatoms. The first-order chi connectivity index (χ1) is 13.6. The fourth-order valence-corrected chi connectivity index (χ4v) is 3.68. The summed E-state index contributed by atoms with van der Waals surface area (Å²) in [5, 5.41) is 8.27. The number of nitrogen functional groups attached to an aromatic ring is 1. The van der Waals surface area contributed by atoms with Crippen molar-refractivity contribution in [3.05, 3.63) is 36.0 Å². The summed E-state index contributed by atoms with van der Waals surface area (Å²) in [4.78, 5) is 13.8. The molecule has 1 fully saturated rings. The van der Waals surface area contributed by atoms with E-state index in [9.17, 15) is 0 Å². The molecule has 0 radical (unpaired) electrons. The van der Waals surface area contributed by atoms with Crippen molar-refractivity contribution in [3.8, 4) is 0 Å². The summed E-state index contributed by atoms with van der Waals surface area (Å²) in [5.74, 6) is 1.03. The van der Waals surface area contributed by atoms with Crippen LogP contribution in [0.3, 0.4) is 0 Å². The number of anilines is 3. The number of aromatic nitrogens is 4. The zero-order valence-corrected chi connectivity index (χ0v) is 16.6. The van der Waals surface area contributed by atoms with Crippen LogP contribution in [-0.2, 0) is 7.05 Å². The lowest BCUT2D eigenvalue weighted by molar-refractivity contribution is 0.257. The smallest absolute Gasteiger partial charge is 0.226 e. The quantitative estimate of drug-likeness (QED) is 0.631. The molecule has 0 bridgehead atoms. The summed E-state index contributed by atoms with van der Waals surface area (Å²) < 4.78 is 1.71. The van der Waals surface area contributed by atoms with Gasteiger partial charge in [-0.05, 0) is 37.6 Å². The number of aryl methyl sites for hydroxylation is 2. The molecule has 2 aromatic heterocycles. The van der Waals surface area contributed by atoms with Crippen LogP contribution in [0.2, 0.25) is 0 Å². The van der Waals surface area contributed by atoms with E-state index in [4.69, 9.17) is 5.73 Å². The molecule has 1 aliphatic rings. The predicted octanol–water partition coefficient (Wildman–Crippen LogP) is 1.88. The summed E-state index contributed by atoms with van der Waals surface area (Å²) in [6.07, 6.45) is 2.74. The molecule has 28 heavy (non-hydrogen) atoms. The summed E-state index contributed by atoms with van der Waals surface area (Å²) in [6, 6.07) is 8.76. The number of benzene rings is 1. The van der Waals surface area contributed by atoms with Crippen LogP contribution >= 0.6 is 0 Å². The second kappa shape index (κ2) is 8.02. The minimum absolute atomic E-state index is 0.466. The van der Waals surface area contributed by atoms with Crippen molar-refractivity contribution in [2.75, 3.05) is 55.2 Å². The number of hydrogen-bond acceptors (Lipinski definition) is 7. The van der Waals surface area contributed by atoms with E-state index in [1.54, 1.807) is 10.9 Å². The first-order valence-corrected chi connectivity index (χ1v) is 9.83. The van der Waals surface area contributed by atoms with Gasteiger partial charge < -0.3 is 16.0 Å². The molecule has 8 nitrogen and oxygen atoms in total. The van der Waals surface area contributed by atoms with E-state index in [0.717, 1.165) is 56.7 Å². The van der Waals surface area contributed by atoms with Gasteiger partial charge in [-0.3, -0.25) is 9.58 Å². The Balaban J connectivity index is 1.23. The number of rotatable bonds is 6. The molecule has 0 amide bonds. The largest absolute Gasteiger partial charge is 0.383 e. The number of fused-ring (bicyclic) bond motifs is 1. The zero-order chi connectivity index (χ0) is 19.5. The highest BCUT2D eigenvalue weighted by atomic mass is 15.3. The second-order valence-corrected chi connectivity index (χ2v) is 7.39. The van der Waals surface area contributed by atoms with Gasteiger partial charge in [0.25, 0.3) is 0 Å². The van der Waals surface area contributed by atoms with Gasteiger partial charge in [-0.15, -0.1) is 0 Å². The molecule has 0 atom stereocenters. The fraction of sp³-hybridized carbons (Fsp3) is 0.450. The maximum Gasteiger partial charge on any atom is 0.226 e. The van der Waals surface area contributed by atoms with Crippen LogP contribution in [0.25, 0.3) is 11.0 Å². The molecule has 0 unspecified atom stereocenters. The van der Waals surface area contributed by atoms with Crippen LogP contribution < -0.4 is 16.0 Å². The van der Waals surface area contributed by atoms with Gasteiger partial charge >= 0.3 is 0 Å². The van der Waals surface area contributed by atoms with E-state index in [-0.39, 0.29) is 0 Å². The minimum Gasteiger partial charge on any atom is -0.383 e. The Labute approximate surface area is 165 Å². The fourth-order valence-electron chi connectivity index (χ4n) is 3.68. The molecule has 0 aliphatic carbocycles. The second-order valence-electron chi connectivity index (χ2n) is 7.39. The molecular weight excluding hydrogens is 352 g/mol. The van der Waals surface area contributed by atoms with Crippen LogP contribution in [0, 0.1) is 6.92 Å². The highest BCUT2D eigenvalue weighted by Gasteiger charge is 2.17. The topological polar surface area (TPSA) is 88.1 Å². The third kappa shape index (κ3) is 4.01. The average molecular weight is 381 g/mol. The van der Waals surface area contributed by atoms with Gasteiger partial charge in [0.15, 0.2) is 5.65 Å². The number of nitrogens with one attached hydrogen (secondary N) is 1. The van der Waals surface area contributed by atoms with Crippen molar-refractivity contribution in [3.63, 3.8) is 0 Å². The van der Waals surface area contributed by atoms with Crippen LogP contribution in [0.15, 0.2) is 30.5 Å². The zero-order valence-electron chi connectivity index (χ0n) is 16.6. The van der Waals surface area contributed by atoms with Gasteiger partial charge in [0.1, 0.15) is 5.82 Å². The molecule has 0 saturated carbocycles. The van der Waals surface area contributed by atoms with Crippen LogP contribution in [0.1, 0.15) is 12.0 Å². The normalized spacial score (nSPS) is 15.3. The Hall–Kier alpha value is -2.87. The third-order valence-electron chi connectivity index (χ3n) is 5.29. The van der Waals surface area contributed by atoms with Gasteiger partial charge in [-0.25, -0.2) is 0 Å². The van der Waals surface area contributed by atoms with Crippen molar-refractivity contribution < 1.29 is 0 Å². The highest BCUT2D eigenvalue weighted by Crippen LogP contribution is 2.19. The Morgan fingerprint density at radius 1 is 1.14 bits per heavy atom. The maximum absolute atomic E-state index is 6.00. The Morgan fingerprint density at radius 3 is 2.75 bits per heavy atom. The van der Waals surface area contributed by atoms with E-state index >= 15 is 0 Å². The molecule has 3 heterocycles. The van der Waals surface area contributed by atoms with Crippen LogP contribution in [0.5, 0.6) is 0 Å². The third-order valence-corrected chi connectivity index (χ3v) is 5.29. The number of nitrogens with zero attached hydrogens (tertiary/aromatic N) is 6. The van der Waals surface area contributed by atoms with E-state index in [2.05, 4.69) is 61.4 Å². The molecule has 1 aliphatic heterocycles. The monoisotopic (exact) mass is 380 g/mol. The van der Waals surface area contributed by atoms with Crippen molar-refractivity contribution in [2.45, 2.75) is 13.3 Å². The lowest BCUT2D eigenvalue weighted by Crippen LogP contribution is -2.46. The van der Waals surface area contributed by atoms with Crippen molar-refractivity contribution in [1.82, 2.24) is 24.6 Å². The summed E-state index contributed by atoms with van der Waals surface area (Å²) in [7, 11) is 1.86. The Kier molecular flexibility index (Phi) is 5.29. The van der Waals surface area contributed by atoms with Crippen molar-refractivity contribution in [1.29, 1.82) is 0 Å². The SMILES string of the molecule is Cc1cccc(N2CCN(CCCNc3nc(N)c4cnn(C)c4n3)CC2)c1. The number of piperazine rings is 1. The van der Waals surface area contributed by atoms with E-state index in [0.29, 0.717) is 11.8 Å². The summed E-state index contributed by atoms with van der Waals surface area (Å²) >= 11 is 0. The molecule has 1 saturated heterocycles. The molecular formula is C20H28N8. The van der Waals surface area contributed by atoms with E-state index < -0.39 is 0 Å². The number of nitrogens with two attached hydrogens (primary N) is 1. The highest BCUT2D eigenvalue weighted by molar-refractivity contribution is 5.86. The van der Waals surface area contributed by atoms with Crippen molar-refractivity contribution >= 4 is 28.5 Å². The van der Waals surface area contributed by atoms with Gasteiger partial charge in [-0.2, -0.15) is 15.1 Å². The standard InChI is InChI=1S/C20H28N8/c1-15-5-3-6-16(13-15)28-11-9-27(10-12-28)8-4-7-22-20-24-18(21)17-14-23-26(2)19(17)25-20/h3,5-6,13-14H,4,7-12H2,1-2H3,(H3,21,22,24,25). The average Bonchev–Trinajstić information content (AvgIpc) is 3.07. The van der Waals surface area contributed by atoms with Gasteiger partial charge in [-0.1, -0.05) is 12.1 Å². The number of hydrogen-bond donors (Lipinski definition) is 2. The maximum atomic E-state index is 6.00. The Bertz CT molecular complexity index is 943. The van der Waals surface area contributed by atoms with Gasteiger partial charge in [0, 0.05) is 45.5 Å². The molecule has 4 rings (SSSR count). The summed E-state index contributed by atoms with van der Waals surface area (Å²) in [5.41, 5.74) is 9.41. The lowest BCUT2D eigenvalue weighted by Gasteiger charge is -2.36. The predicted molar refractivity (Wildman–Crippen MR) is 114 cm³/mol. The van der Waals surface area contributed by atoms with Crippen LogP contribution in [0.4, 0.5) is 17.5 Å². The van der Waals surface area contributed by atoms with E-state index in [1.165, 1.54) is 11.3 Å². The molecule has 3 aromatic rings. The lowest BCUT2D eigenvalue weighted by atomic mass is 10.2. The van der Waals surface area contributed by atoms with E-state index in [1.807, 2.05) is 7.05 Å². The minimum atomic E-state index is 0.466. The molecule has 148 valence electrons.